The lowest BCUT2D eigenvalue weighted by molar-refractivity contribution is 0.253. The van der Waals surface area contributed by atoms with Crippen LogP contribution in [0, 0.1) is 12.8 Å². The van der Waals surface area contributed by atoms with Gasteiger partial charge in [-0.05, 0) is 32.1 Å². The molecule has 1 saturated heterocycles. The molecule has 3 rings (SSSR count). The Morgan fingerprint density at radius 2 is 2.12 bits per heavy atom. The third kappa shape index (κ3) is 4.05. The van der Waals surface area contributed by atoms with Gasteiger partial charge in [0.1, 0.15) is 5.69 Å². The van der Waals surface area contributed by atoms with E-state index in [0.29, 0.717) is 31.0 Å². The first-order valence-electron chi connectivity index (χ1n) is 8.37. The van der Waals surface area contributed by atoms with Crippen molar-refractivity contribution in [1.82, 2.24) is 28.5 Å². The summed E-state index contributed by atoms with van der Waals surface area (Å²) in [6.45, 7) is 3.04. The molecule has 3 heterocycles. The van der Waals surface area contributed by atoms with Gasteiger partial charge in [-0.25, -0.2) is 9.97 Å². The van der Waals surface area contributed by atoms with Crippen molar-refractivity contribution < 1.29 is 8.42 Å². The Morgan fingerprint density at radius 1 is 1.32 bits per heavy atom. The van der Waals surface area contributed by atoms with Gasteiger partial charge in [0.25, 0.3) is 10.2 Å². The average molecular weight is 364 g/mol. The van der Waals surface area contributed by atoms with E-state index >= 15 is 0 Å². The van der Waals surface area contributed by atoms with Crippen molar-refractivity contribution in [3.8, 4) is 11.5 Å². The Balaban J connectivity index is 1.72. The third-order valence-corrected chi connectivity index (χ3v) is 6.30. The lowest BCUT2D eigenvalue weighted by atomic mass is 9.95. The molecular weight excluding hydrogens is 340 g/mol. The van der Waals surface area contributed by atoms with E-state index in [4.69, 9.17) is 0 Å². The van der Waals surface area contributed by atoms with Crippen molar-refractivity contribution >= 4 is 10.2 Å². The van der Waals surface area contributed by atoms with Gasteiger partial charge in [0.05, 0.1) is 11.9 Å². The van der Waals surface area contributed by atoms with Crippen LogP contribution in [0.5, 0.6) is 0 Å². The molecular formula is C16H24N6O2S. The number of aromatic nitrogens is 4. The van der Waals surface area contributed by atoms with Crippen molar-refractivity contribution in [2.24, 2.45) is 5.92 Å². The molecule has 0 saturated carbocycles. The molecule has 1 atom stereocenters. The minimum Gasteiger partial charge on any atom is -0.341 e. The lowest BCUT2D eigenvalue weighted by Crippen LogP contribution is -2.45. The van der Waals surface area contributed by atoms with Gasteiger partial charge < -0.3 is 4.98 Å². The summed E-state index contributed by atoms with van der Waals surface area (Å²) < 4.78 is 27.5. The Labute approximate surface area is 148 Å². The Hall–Kier alpha value is -1.84. The van der Waals surface area contributed by atoms with Crippen molar-refractivity contribution in [2.75, 3.05) is 27.2 Å². The van der Waals surface area contributed by atoms with E-state index in [1.165, 1.54) is 4.31 Å². The summed E-state index contributed by atoms with van der Waals surface area (Å²) in [5.41, 5.74) is 2.54. The number of nitrogens with one attached hydrogen (secondary N) is 1. The zero-order chi connectivity index (χ0) is 18.0. The minimum atomic E-state index is -3.36. The van der Waals surface area contributed by atoms with E-state index in [-0.39, 0.29) is 5.92 Å². The molecule has 1 aliphatic rings. The normalized spacial score (nSPS) is 19.4. The maximum atomic E-state index is 12.3. The fourth-order valence-electron chi connectivity index (χ4n) is 3.09. The summed E-state index contributed by atoms with van der Waals surface area (Å²) in [5, 5.41) is 0. The van der Waals surface area contributed by atoms with E-state index in [2.05, 4.69) is 19.9 Å². The fraction of sp³-hybridized carbons (Fsp3) is 0.562. The molecule has 0 amide bonds. The van der Waals surface area contributed by atoms with Crippen LogP contribution in [0.4, 0.5) is 0 Å². The molecule has 25 heavy (non-hydrogen) atoms. The number of piperidine rings is 1. The summed E-state index contributed by atoms with van der Waals surface area (Å²) in [6, 6.07) is 0. The van der Waals surface area contributed by atoms with Crippen LogP contribution in [0.1, 0.15) is 24.2 Å². The van der Waals surface area contributed by atoms with Gasteiger partial charge in [-0.3, -0.25) is 4.98 Å². The predicted molar refractivity (Wildman–Crippen MR) is 95.0 cm³/mol. The number of imidazole rings is 1. The van der Waals surface area contributed by atoms with Crippen LogP contribution in [-0.4, -0.2) is 64.1 Å². The number of aromatic amines is 1. The zero-order valence-electron chi connectivity index (χ0n) is 14.8. The first-order valence-corrected chi connectivity index (χ1v) is 9.76. The highest BCUT2D eigenvalue weighted by molar-refractivity contribution is 7.86. The standard InChI is InChI=1S/C16H24N6O2S/c1-12-8-18-16(19-12)15-10-17-9-14(20-15)7-13-5-4-6-22(11-13)25(23,24)21(2)3/h8-10,13H,4-7,11H2,1-3H3,(H,18,19). The van der Waals surface area contributed by atoms with E-state index < -0.39 is 10.2 Å². The molecule has 0 spiro atoms. The van der Waals surface area contributed by atoms with Gasteiger partial charge in [-0.1, -0.05) is 0 Å². The largest absolute Gasteiger partial charge is 0.341 e. The number of hydrogen-bond donors (Lipinski definition) is 1. The monoisotopic (exact) mass is 364 g/mol. The lowest BCUT2D eigenvalue weighted by Gasteiger charge is -2.33. The van der Waals surface area contributed by atoms with Crippen LogP contribution in [0.15, 0.2) is 18.6 Å². The highest BCUT2D eigenvalue weighted by atomic mass is 32.2. The molecule has 1 aliphatic heterocycles. The number of H-pyrrole nitrogens is 1. The van der Waals surface area contributed by atoms with E-state index in [9.17, 15) is 8.42 Å². The van der Waals surface area contributed by atoms with Gasteiger partial charge in [-0.15, -0.1) is 0 Å². The summed E-state index contributed by atoms with van der Waals surface area (Å²) in [6.07, 6.45) is 7.76. The van der Waals surface area contributed by atoms with Crippen LogP contribution < -0.4 is 0 Å². The Morgan fingerprint density at radius 3 is 2.80 bits per heavy atom. The average Bonchev–Trinajstić information content (AvgIpc) is 3.02. The molecule has 1 fully saturated rings. The summed E-state index contributed by atoms with van der Waals surface area (Å²) in [5.74, 6) is 0.943. The molecule has 2 aromatic heterocycles. The van der Waals surface area contributed by atoms with Crippen LogP contribution in [-0.2, 0) is 16.6 Å². The summed E-state index contributed by atoms with van der Waals surface area (Å²) >= 11 is 0. The van der Waals surface area contributed by atoms with Crippen LogP contribution in [0.3, 0.4) is 0 Å². The molecule has 0 aliphatic carbocycles. The van der Waals surface area contributed by atoms with E-state index in [0.717, 1.165) is 24.2 Å². The SMILES string of the molecule is Cc1cnc(-c2cncc(CC3CCCN(S(=O)(=O)N(C)C)C3)n2)[nH]1. The molecule has 136 valence electrons. The highest BCUT2D eigenvalue weighted by Gasteiger charge is 2.30. The molecule has 0 bridgehead atoms. The van der Waals surface area contributed by atoms with Crippen LogP contribution in [0.2, 0.25) is 0 Å². The second-order valence-electron chi connectivity index (χ2n) is 6.67. The molecule has 1 unspecified atom stereocenters. The second-order valence-corrected chi connectivity index (χ2v) is 8.81. The van der Waals surface area contributed by atoms with Gasteiger partial charge in [0.15, 0.2) is 5.82 Å². The van der Waals surface area contributed by atoms with Gasteiger partial charge >= 0.3 is 0 Å². The fourth-order valence-corrected chi connectivity index (χ4v) is 4.31. The maximum Gasteiger partial charge on any atom is 0.281 e. The highest BCUT2D eigenvalue weighted by Crippen LogP contribution is 2.23. The molecule has 1 N–H and O–H groups in total. The first kappa shape index (κ1) is 18.0. The molecule has 2 aromatic rings. The number of aryl methyl sites for hydroxylation is 1. The van der Waals surface area contributed by atoms with Crippen LogP contribution in [0.25, 0.3) is 11.5 Å². The van der Waals surface area contributed by atoms with Gasteiger partial charge in [0, 0.05) is 45.3 Å². The molecule has 9 heteroatoms. The Bertz CT molecular complexity index is 833. The third-order valence-electron chi connectivity index (χ3n) is 4.40. The van der Waals surface area contributed by atoms with Crippen molar-refractivity contribution in [3.63, 3.8) is 0 Å². The van der Waals surface area contributed by atoms with Crippen LogP contribution >= 0.6 is 0 Å². The smallest absolute Gasteiger partial charge is 0.281 e. The molecule has 0 radical (unpaired) electrons. The summed E-state index contributed by atoms with van der Waals surface area (Å²) in [7, 11) is -0.221. The van der Waals surface area contributed by atoms with E-state index in [1.807, 2.05) is 6.92 Å². The number of nitrogens with zero attached hydrogens (tertiary/aromatic N) is 5. The van der Waals surface area contributed by atoms with Crippen molar-refractivity contribution in [1.29, 1.82) is 0 Å². The van der Waals surface area contributed by atoms with E-state index in [1.54, 1.807) is 37.0 Å². The van der Waals surface area contributed by atoms with Gasteiger partial charge in [-0.2, -0.15) is 17.0 Å². The Kier molecular flexibility index (Phi) is 5.16. The van der Waals surface area contributed by atoms with Gasteiger partial charge in [0.2, 0.25) is 0 Å². The van der Waals surface area contributed by atoms with Crippen molar-refractivity contribution in [3.05, 3.63) is 30.0 Å². The summed E-state index contributed by atoms with van der Waals surface area (Å²) in [4.78, 5) is 16.3. The zero-order valence-corrected chi connectivity index (χ0v) is 15.6. The second kappa shape index (κ2) is 7.19. The quantitative estimate of drug-likeness (QED) is 0.861. The topological polar surface area (TPSA) is 95.1 Å². The first-order chi connectivity index (χ1) is 11.9. The minimum absolute atomic E-state index is 0.242. The maximum absolute atomic E-state index is 12.3. The molecule has 8 nitrogen and oxygen atoms in total. The molecule has 0 aromatic carbocycles. The number of hydrogen-bond acceptors (Lipinski definition) is 5. The predicted octanol–water partition coefficient (Wildman–Crippen LogP) is 1.24. The van der Waals surface area contributed by atoms with Crippen molar-refractivity contribution in [2.45, 2.75) is 26.2 Å². The number of rotatable bonds is 5.